The van der Waals surface area contributed by atoms with Crippen LogP contribution in [0.25, 0.3) is 0 Å². The van der Waals surface area contributed by atoms with Gasteiger partial charge in [-0.3, -0.25) is 0 Å². The van der Waals surface area contributed by atoms with Gasteiger partial charge in [-0.05, 0) is 0 Å². The van der Waals surface area contributed by atoms with Crippen molar-refractivity contribution in [2.45, 2.75) is 6.92 Å². The van der Waals surface area contributed by atoms with Gasteiger partial charge in [0.1, 0.15) is 0 Å². The molecular weight excluding hydrogens is 377 g/mol. The van der Waals surface area contributed by atoms with Crippen LogP contribution in [0.3, 0.4) is 0 Å². The molecule has 1 aliphatic rings. The summed E-state index contributed by atoms with van der Waals surface area (Å²) in [5.41, 5.74) is 4.45. The predicted octanol–water partition coefficient (Wildman–Crippen LogP) is 3.45. The van der Waals surface area contributed by atoms with Crippen LogP contribution in [-0.4, -0.2) is 29.2 Å². The molecule has 3 aromatic carbocycles. The summed E-state index contributed by atoms with van der Waals surface area (Å²) in [5, 5.41) is 0. The Hall–Kier alpha value is -2.42. The van der Waals surface area contributed by atoms with Gasteiger partial charge in [-0.15, -0.1) is 0 Å². The molecule has 0 aromatic heterocycles. The average Bonchev–Trinajstić information content (AvgIpc) is 2.65. The third kappa shape index (κ3) is 2.68. The van der Waals surface area contributed by atoms with Gasteiger partial charge in [-0.1, -0.05) is 0 Å². The molecule has 0 unspecified atom stereocenters. The van der Waals surface area contributed by atoms with Crippen molar-refractivity contribution in [3.8, 4) is 11.5 Å². The van der Waals surface area contributed by atoms with Crippen LogP contribution in [0.4, 0.5) is 17.1 Å². The molecule has 0 atom stereocenters. The molecule has 0 radical (unpaired) electrons. The Kier molecular flexibility index (Phi) is 4.16. The molecule has 0 N–H and O–H groups in total. The number of rotatable bonds is 3. The first-order chi connectivity index (χ1) is 12.2. The fourth-order valence-electron chi connectivity index (χ4n) is 3.19. The second-order valence-corrected chi connectivity index (χ2v) is 8.16. The molecule has 0 saturated heterocycles. The van der Waals surface area contributed by atoms with Crippen molar-refractivity contribution in [2.75, 3.05) is 19.1 Å². The molecule has 1 aliphatic heterocycles. The number of fused-ring (bicyclic) bond motifs is 2. The molecule has 4 heteroatoms. The van der Waals surface area contributed by atoms with Crippen LogP contribution in [0.2, 0.25) is 0 Å². The molecule has 0 fully saturated rings. The minimum atomic E-state index is 0.287. The number of para-hydroxylation sites is 2. The van der Waals surface area contributed by atoms with E-state index in [9.17, 15) is 0 Å². The SMILES string of the molecule is COc1cc(C)cc(OC)c1N1c2ccccc2[Se]c2ccccc21. The van der Waals surface area contributed by atoms with Crippen LogP contribution in [0.1, 0.15) is 5.56 Å². The quantitative estimate of drug-likeness (QED) is 0.495. The number of methoxy groups -OCH3 is 2. The molecule has 0 spiro atoms. The van der Waals surface area contributed by atoms with Crippen LogP contribution < -0.4 is 23.3 Å². The van der Waals surface area contributed by atoms with Gasteiger partial charge >= 0.3 is 154 Å². The van der Waals surface area contributed by atoms with Crippen molar-refractivity contribution < 1.29 is 9.47 Å². The monoisotopic (exact) mass is 397 g/mol. The minimum absolute atomic E-state index is 0.287. The summed E-state index contributed by atoms with van der Waals surface area (Å²) >= 11 is 0.287. The Morgan fingerprint density at radius 2 is 1.24 bits per heavy atom. The zero-order valence-electron chi connectivity index (χ0n) is 14.4. The van der Waals surface area contributed by atoms with E-state index in [0.29, 0.717) is 0 Å². The van der Waals surface area contributed by atoms with Crippen LogP contribution >= 0.6 is 0 Å². The number of hydrogen-bond acceptors (Lipinski definition) is 3. The number of nitrogens with zero attached hydrogens (tertiary/aromatic N) is 1. The molecule has 4 rings (SSSR count). The van der Waals surface area contributed by atoms with Crippen molar-refractivity contribution in [1.29, 1.82) is 0 Å². The van der Waals surface area contributed by atoms with Crippen LogP contribution in [0, 0.1) is 6.92 Å². The fourth-order valence-corrected chi connectivity index (χ4v) is 5.41. The summed E-state index contributed by atoms with van der Waals surface area (Å²) in [6, 6.07) is 21.3. The number of ether oxygens (including phenoxy) is 2. The van der Waals surface area contributed by atoms with Crippen molar-refractivity contribution in [3.63, 3.8) is 0 Å². The Morgan fingerprint density at radius 3 is 1.72 bits per heavy atom. The third-order valence-corrected chi connectivity index (χ3v) is 6.65. The second-order valence-electron chi connectivity index (χ2n) is 5.89. The van der Waals surface area contributed by atoms with E-state index in [4.69, 9.17) is 9.47 Å². The van der Waals surface area contributed by atoms with Gasteiger partial charge in [0.05, 0.1) is 0 Å². The van der Waals surface area contributed by atoms with Gasteiger partial charge in [0.25, 0.3) is 0 Å². The van der Waals surface area contributed by atoms with E-state index in [1.807, 2.05) is 0 Å². The number of benzene rings is 3. The zero-order valence-corrected chi connectivity index (χ0v) is 16.2. The van der Waals surface area contributed by atoms with Crippen molar-refractivity contribution in [1.82, 2.24) is 0 Å². The normalized spacial score (nSPS) is 12.4. The van der Waals surface area contributed by atoms with E-state index in [1.165, 1.54) is 20.3 Å². The van der Waals surface area contributed by atoms with E-state index in [-0.39, 0.29) is 15.0 Å². The van der Waals surface area contributed by atoms with Gasteiger partial charge in [0.15, 0.2) is 0 Å². The van der Waals surface area contributed by atoms with Crippen molar-refractivity contribution >= 4 is 40.9 Å². The summed E-state index contributed by atoms with van der Waals surface area (Å²) < 4.78 is 14.2. The van der Waals surface area contributed by atoms with Gasteiger partial charge in [0.2, 0.25) is 0 Å². The standard InChI is InChI=1S/C21H19NO2Se/c1-14-12-17(23-2)21(18(13-14)24-3)22-15-8-4-6-10-19(15)25-20-11-7-5-9-16(20)22/h4-13H,1-3H3. The maximum absolute atomic E-state index is 5.74. The fraction of sp³-hybridized carbons (Fsp3) is 0.143. The Bertz CT molecular complexity index is 868. The van der Waals surface area contributed by atoms with Gasteiger partial charge in [-0.25, -0.2) is 0 Å². The summed E-state index contributed by atoms with van der Waals surface area (Å²) in [7, 11) is 3.42. The van der Waals surface area contributed by atoms with Crippen LogP contribution in [0.15, 0.2) is 60.7 Å². The number of anilines is 3. The average molecular weight is 396 g/mol. The summed E-state index contributed by atoms with van der Waals surface area (Å²) in [6.45, 7) is 2.05. The Labute approximate surface area is 154 Å². The van der Waals surface area contributed by atoms with Crippen LogP contribution in [0.5, 0.6) is 11.5 Å². The zero-order chi connectivity index (χ0) is 17.4. The topological polar surface area (TPSA) is 21.7 Å². The van der Waals surface area contributed by atoms with Crippen molar-refractivity contribution in [3.05, 3.63) is 66.2 Å². The molecule has 0 amide bonds. The van der Waals surface area contributed by atoms with E-state index < -0.39 is 0 Å². The first kappa shape index (κ1) is 16.1. The van der Waals surface area contributed by atoms with E-state index >= 15 is 0 Å². The molecule has 25 heavy (non-hydrogen) atoms. The molecule has 126 valence electrons. The summed E-state index contributed by atoms with van der Waals surface area (Å²) in [5.74, 6) is 1.63. The molecule has 0 aliphatic carbocycles. The summed E-state index contributed by atoms with van der Waals surface area (Å²) in [4.78, 5) is 2.27. The third-order valence-electron chi connectivity index (χ3n) is 4.28. The van der Waals surface area contributed by atoms with Crippen molar-refractivity contribution in [2.24, 2.45) is 0 Å². The van der Waals surface area contributed by atoms with Gasteiger partial charge in [-0.2, -0.15) is 0 Å². The van der Waals surface area contributed by atoms with Crippen LogP contribution in [-0.2, 0) is 0 Å². The predicted molar refractivity (Wildman–Crippen MR) is 104 cm³/mol. The first-order valence-corrected chi connectivity index (χ1v) is 9.83. The van der Waals surface area contributed by atoms with Gasteiger partial charge in [0, 0.05) is 0 Å². The molecular formula is C21H19NO2Se. The van der Waals surface area contributed by atoms with E-state index in [2.05, 4.69) is 72.5 Å². The molecule has 3 nitrogen and oxygen atoms in total. The van der Waals surface area contributed by atoms with E-state index in [1.54, 1.807) is 14.2 Å². The number of hydrogen-bond donors (Lipinski definition) is 0. The molecule has 0 saturated carbocycles. The Balaban J connectivity index is 2.04. The maximum atomic E-state index is 5.74. The number of aryl methyl sites for hydroxylation is 1. The molecule has 0 bridgehead atoms. The molecule has 3 aromatic rings. The first-order valence-electron chi connectivity index (χ1n) is 8.11. The van der Waals surface area contributed by atoms with Gasteiger partial charge < -0.3 is 0 Å². The summed E-state index contributed by atoms with van der Waals surface area (Å²) in [6.07, 6.45) is 0. The second kappa shape index (κ2) is 6.47. The molecule has 1 heterocycles. The Morgan fingerprint density at radius 1 is 0.760 bits per heavy atom. The van der Waals surface area contributed by atoms with E-state index in [0.717, 1.165) is 22.7 Å².